The normalized spacial score (nSPS) is 19.1. The molecule has 8 heteroatoms. The smallest absolute Gasteiger partial charge is 0.419 e. The fourth-order valence-electron chi connectivity index (χ4n) is 2.45. The molecule has 0 aromatic heterocycles. The van der Waals surface area contributed by atoms with E-state index < -0.39 is 40.9 Å². The van der Waals surface area contributed by atoms with Crippen LogP contribution < -0.4 is 0 Å². The van der Waals surface area contributed by atoms with E-state index in [0.717, 1.165) is 17.0 Å². The number of alkyl halides is 3. The van der Waals surface area contributed by atoms with Gasteiger partial charge in [0.1, 0.15) is 5.82 Å². The third-order valence-corrected chi connectivity index (χ3v) is 3.59. The predicted molar refractivity (Wildman–Crippen MR) is 67.7 cm³/mol. The van der Waals surface area contributed by atoms with Crippen molar-refractivity contribution in [3.63, 3.8) is 0 Å². The molecule has 1 saturated heterocycles. The summed E-state index contributed by atoms with van der Waals surface area (Å²) in [5, 5.41) is 8.95. The van der Waals surface area contributed by atoms with Gasteiger partial charge in [-0.3, -0.25) is 9.59 Å². The van der Waals surface area contributed by atoms with Crippen molar-refractivity contribution in [2.75, 3.05) is 13.1 Å². The van der Waals surface area contributed by atoms with Gasteiger partial charge in [0, 0.05) is 13.1 Å². The summed E-state index contributed by atoms with van der Waals surface area (Å²) in [6.07, 6.45) is -4.11. The highest BCUT2D eigenvalue weighted by atomic mass is 19.4. The Morgan fingerprint density at radius 1 is 1.27 bits per heavy atom. The highest BCUT2D eigenvalue weighted by molar-refractivity contribution is 5.95. The lowest BCUT2D eigenvalue weighted by Gasteiger charge is -2.31. The number of carbonyl (C=O) groups excluding carboxylic acids is 1. The molecule has 22 heavy (non-hydrogen) atoms. The third kappa shape index (κ3) is 3.20. The molecule has 1 amide bonds. The van der Waals surface area contributed by atoms with Crippen LogP contribution in [-0.4, -0.2) is 35.0 Å². The fourth-order valence-corrected chi connectivity index (χ4v) is 2.45. The number of aliphatic carboxylic acids is 1. The monoisotopic (exact) mass is 319 g/mol. The van der Waals surface area contributed by atoms with Gasteiger partial charge in [0.25, 0.3) is 5.91 Å². The average Bonchev–Trinajstić information content (AvgIpc) is 2.45. The highest BCUT2D eigenvalue weighted by Crippen LogP contribution is 2.33. The van der Waals surface area contributed by atoms with Gasteiger partial charge in [-0.25, -0.2) is 4.39 Å². The number of carboxylic acids is 1. The number of hydrogen-bond donors (Lipinski definition) is 1. The Bertz CT molecular complexity index is 600. The molecule has 0 unspecified atom stereocenters. The Hall–Kier alpha value is -2.12. The Morgan fingerprint density at radius 2 is 1.95 bits per heavy atom. The van der Waals surface area contributed by atoms with Crippen molar-refractivity contribution in [3.8, 4) is 0 Å². The summed E-state index contributed by atoms with van der Waals surface area (Å²) in [6, 6.07) is 2.48. The number of benzene rings is 1. The zero-order chi connectivity index (χ0) is 16.5. The van der Waals surface area contributed by atoms with Gasteiger partial charge in [-0.1, -0.05) is 6.07 Å². The Labute approximate surface area is 123 Å². The number of likely N-dealkylation sites (tertiary alicyclic amines) is 1. The van der Waals surface area contributed by atoms with Gasteiger partial charge >= 0.3 is 12.1 Å². The number of halogens is 4. The van der Waals surface area contributed by atoms with Gasteiger partial charge in [0.15, 0.2) is 0 Å². The van der Waals surface area contributed by atoms with Crippen LogP contribution in [0, 0.1) is 11.7 Å². The number of rotatable bonds is 2. The molecule has 1 heterocycles. The van der Waals surface area contributed by atoms with E-state index in [1.165, 1.54) is 0 Å². The molecule has 1 fully saturated rings. The van der Waals surface area contributed by atoms with Gasteiger partial charge < -0.3 is 10.0 Å². The lowest BCUT2D eigenvalue weighted by Crippen LogP contribution is -2.42. The van der Waals surface area contributed by atoms with Crippen LogP contribution in [-0.2, 0) is 11.0 Å². The summed E-state index contributed by atoms with van der Waals surface area (Å²) in [5.74, 6) is -4.42. The van der Waals surface area contributed by atoms with Crippen molar-refractivity contribution in [3.05, 3.63) is 35.1 Å². The standard InChI is InChI=1S/C14H13F4NO3/c15-11-9(4-1-5-10(11)14(16,17)18)12(20)19-6-2-3-8(7-19)13(21)22/h1,4-5,8H,2-3,6-7H2,(H,21,22)/t8-/m0/s1. The third-order valence-electron chi connectivity index (χ3n) is 3.59. The fraction of sp³-hybridized carbons (Fsp3) is 0.429. The maximum atomic E-state index is 13.9. The first-order valence-corrected chi connectivity index (χ1v) is 6.59. The molecular weight excluding hydrogens is 306 g/mol. The molecule has 1 atom stereocenters. The van der Waals surface area contributed by atoms with E-state index in [-0.39, 0.29) is 13.1 Å². The number of carbonyl (C=O) groups is 2. The summed E-state index contributed by atoms with van der Waals surface area (Å²) < 4.78 is 51.9. The first-order chi connectivity index (χ1) is 10.2. The van der Waals surface area contributed by atoms with Crippen LogP contribution in [0.3, 0.4) is 0 Å². The molecule has 2 rings (SSSR count). The summed E-state index contributed by atoms with van der Waals surface area (Å²) in [6.45, 7) is 0.0577. The predicted octanol–water partition coefficient (Wildman–Crippen LogP) is 2.78. The second kappa shape index (κ2) is 5.94. The molecule has 0 spiro atoms. The van der Waals surface area contributed by atoms with Crippen molar-refractivity contribution < 1.29 is 32.3 Å². The van der Waals surface area contributed by atoms with Crippen LogP contribution in [0.1, 0.15) is 28.8 Å². The minimum absolute atomic E-state index is 0.135. The van der Waals surface area contributed by atoms with E-state index in [0.29, 0.717) is 18.9 Å². The Balaban J connectivity index is 2.28. The molecular formula is C14H13F4NO3. The topological polar surface area (TPSA) is 57.6 Å². The molecule has 0 aliphatic carbocycles. The van der Waals surface area contributed by atoms with Gasteiger partial charge in [-0.15, -0.1) is 0 Å². The zero-order valence-corrected chi connectivity index (χ0v) is 11.4. The molecule has 1 aliphatic rings. The first-order valence-electron chi connectivity index (χ1n) is 6.59. The van der Waals surface area contributed by atoms with Crippen LogP contribution in [0.15, 0.2) is 18.2 Å². The number of hydrogen-bond acceptors (Lipinski definition) is 2. The Kier molecular flexibility index (Phi) is 4.39. The van der Waals surface area contributed by atoms with Crippen LogP contribution in [0.2, 0.25) is 0 Å². The quantitative estimate of drug-likeness (QED) is 0.853. The van der Waals surface area contributed by atoms with E-state index in [1.807, 2.05) is 0 Å². The van der Waals surface area contributed by atoms with Crippen molar-refractivity contribution >= 4 is 11.9 Å². The summed E-state index contributed by atoms with van der Waals surface area (Å²) in [5.41, 5.74) is -2.20. The molecule has 0 radical (unpaired) electrons. The van der Waals surface area contributed by atoms with Gasteiger partial charge in [0.05, 0.1) is 17.0 Å². The van der Waals surface area contributed by atoms with Gasteiger partial charge in [-0.2, -0.15) is 13.2 Å². The maximum Gasteiger partial charge on any atom is 0.419 e. The second-order valence-corrected chi connectivity index (χ2v) is 5.09. The van der Waals surface area contributed by atoms with Crippen molar-refractivity contribution in [2.45, 2.75) is 19.0 Å². The van der Waals surface area contributed by atoms with Crippen molar-refractivity contribution in [1.29, 1.82) is 0 Å². The molecule has 4 nitrogen and oxygen atoms in total. The first kappa shape index (κ1) is 16.3. The van der Waals surface area contributed by atoms with Crippen molar-refractivity contribution in [1.82, 2.24) is 4.90 Å². The molecule has 1 N–H and O–H groups in total. The van der Waals surface area contributed by atoms with Gasteiger partial charge in [-0.05, 0) is 25.0 Å². The van der Waals surface area contributed by atoms with Gasteiger partial charge in [0.2, 0.25) is 0 Å². The van der Waals surface area contributed by atoms with Crippen LogP contribution in [0.25, 0.3) is 0 Å². The van der Waals surface area contributed by atoms with Crippen LogP contribution in [0.5, 0.6) is 0 Å². The maximum absolute atomic E-state index is 13.9. The summed E-state index contributed by atoms with van der Waals surface area (Å²) in [7, 11) is 0. The Morgan fingerprint density at radius 3 is 2.55 bits per heavy atom. The number of nitrogens with zero attached hydrogens (tertiary/aromatic N) is 1. The summed E-state index contributed by atoms with van der Waals surface area (Å²) in [4.78, 5) is 24.2. The number of amides is 1. The second-order valence-electron chi connectivity index (χ2n) is 5.09. The van der Waals surface area contributed by atoms with E-state index in [9.17, 15) is 27.2 Å². The van der Waals surface area contributed by atoms with E-state index in [4.69, 9.17) is 5.11 Å². The zero-order valence-electron chi connectivity index (χ0n) is 11.4. The van der Waals surface area contributed by atoms with E-state index in [2.05, 4.69) is 0 Å². The molecule has 0 saturated carbocycles. The van der Waals surface area contributed by atoms with Crippen LogP contribution in [0.4, 0.5) is 17.6 Å². The SMILES string of the molecule is O=C(O)[C@H]1CCCN(C(=O)c2cccc(C(F)(F)F)c2F)C1. The van der Waals surface area contributed by atoms with E-state index >= 15 is 0 Å². The lowest BCUT2D eigenvalue weighted by molar-refractivity contribution is -0.143. The number of piperidine rings is 1. The van der Waals surface area contributed by atoms with E-state index in [1.54, 1.807) is 0 Å². The highest BCUT2D eigenvalue weighted by Gasteiger charge is 2.37. The average molecular weight is 319 g/mol. The molecule has 0 bridgehead atoms. The lowest BCUT2D eigenvalue weighted by atomic mass is 9.97. The number of carboxylic acid groups (broad SMARTS) is 1. The largest absolute Gasteiger partial charge is 0.481 e. The molecule has 1 aromatic carbocycles. The molecule has 120 valence electrons. The minimum Gasteiger partial charge on any atom is -0.481 e. The minimum atomic E-state index is -4.90. The molecule has 1 aliphatic heterocycles. The summed E-state index contributed by atoms with van der Waals surface area (Å²) >= 11 is 0. The van der Waals surface area contributed by atoms with Crippen LogP contribution >= 0.6 is 0 Å². The molecule has 1 aromatic rings. The van der Waals surface area contributed by atoms with Crippen molar-refractivity contribution in [2.24, 2.45) is 5.92 Å².